The van der Waals surface area contributed by atoms with Crippen LogP contribution in [0.15, 0.2) is 18.2 Å². The van der Waals surface area contributed by atoms with Gasteiger partial charge in [-0.2, -0.15) is 0 Å². The minimum atomic E-state index is -3.47. The normalized spacial score (nSPS) is 12.9. The molecule has 1 aromatic carbocycles. The Morgan fingerprint density at radius 1 is 1.33 bits per heavy atom. The molecule has 0 spiro atoms. The summed E-state index contributed by atoms with van der Waals surface area (Å²) >= 11 is 0. The van der Waals surface area contributed by atoms with Gasteiger partial charge in [-0.25, -0.2) is 8.42 Å². The number of amides is 1. The van der Waals surface area contributed by atoms with Crippen LogP contribution in [0.2, 0.25) is 0 Å². The van der Waals surface area contributed by atoms with Gasteiger partial charge >= 0.3 is 0 Å². The third kappa shape index (κ3) is 5.00. The molecule has 0 atom stereocenters. The molecule has 24 heavy (non-hydrogen) atoms. The number of nitrogens with zero attached hydrogens (tertiary/aromatic N) is 1. The molecule has 0 fully saturated rings. The summed E-state index contributed by atoms with van der Waals surface area (Å²) in [4.78, 5) is 11.7. The highest BCUT2D eigenvalue weighted by atomic mass is 32.2. The van der Waals surface area contributed by atoms with Gasteiger partial charge in [0.25, 0.3) is 0 Å². The zero-order chi connectivity index (χ0) is 17.6. The second-order valence-electron chi connectivity index (χ2n) is 5.32. The second-order valence-corrected chi connectivity index (χ2v) is 7.23. The highest BCUT2D eigenvalue weighted by molar-refractivity contribution is 7.92. The van der Waals surface area contributed by atoms with E-state index >= 15 is 0 Å². The number of hydrogen-bond acceptors (Lipinski definition) is 6. The Balaban J connectivity index is 1.96. The first-order valence-electron chi connectivity index (χ1n) is 7.55. The molecule has 1 amide bonds. The van der Waals surface area contributed by atoms with Gasteiger partial charge in [0.1, 0.15) is 0 Å². The van der Waals surface area contributed by atoms with Crippen LogP contribution < -0.4 is 19.1 Å². The lowest BCUT2D eigenvalue weighted by atomic mass is 10.2. The number of nitrogens with one attached hydrogen (secondary N) is 1. The summed E-state index contributed by atoms with van der Waals surface area (Å²) in [7, 11) is -1.91. The fourth-order valence-electron chi connectivity index (χ4n) is 2.29. The molecule has 0 saturated heterocycles. The summed E-state index contributed by atoms with van der Waals surface area (Å²) in [6, 6.07) is 4.96. The van der Waals surface area contributed by atoms with Crippen molar-refractivity contribution in [2.75, 3.05) is 44.2 Å². The summed E-state index contributed by atoms with van der Waals surface area (Å²) < 4.78 is 40.7. The zero-order valence-electron chi connectivity index (χ0n) is 13.8. The molecule has 0 unspecified atom stereocenters. The molecule has 1 aromatic rings. The first kappa shape index (κ1) is 18.3. The van der Waals surface area contributed by atoms with Crippen LogP contribution in [0.4, 0.5) is 5.69 Å². The molecule has 1 aliphatic rings. The zero-order valence-corrected chi connectivity index (χ0v) is 14.6. The number of ether oxygens (including phenoxy) is 3. The Hall–Kier alpha value is -2.00. The van der Waals surface area contributed by atoms with E-state index < -0.39 is 10.0 Å². The van der Waals surface area contributed by atoms with Crippen LogP contribution in [-0.2, 0) is 19.6 Å². The number of fused-ring (bicyclic) bond motifs is 1. The van der Waals surface area contributed by atoms with Crippen LogP contribution in [0.3, 0.4) is 0 Å². The SMILES string of the molecule is COCCNC(=O)CCCN(c1ccc2c(c1)OCO2)S(C)(=O)=O. The summed E-state index contributed by atoms with van der Waals surface area (Å²) in [5.74, 6) is 0.967. The number of methoxy groups -OCH3 is 1. The monoisotopic (exact) mass is 358 g/mol. The number of carbonyl (C=O) groups is 1. The molecular formula is C15H22N2O6S. The van der Waals surface area contributed by atoms with E-state index in [4.69, 9.17) is 14.2 Å². The molecule has 0 saturated carbocycles. The average molecular weight is 358 g/mol. The van der Waals surface area contributed by atoms with Crippen LogP contribution >= 0.6 is 0 Å². The fourth-order valence-corrected chi connectivity index (χ4v) is 3.25. The van der Waals surface area contributed by atoms with Gasteiger partial charge in [-0.3, -0.25) is 9.10 Å². The lowest BCUT2D eigenvalue weighted by Gasteiger charge is -2.22. The quantitative estimate of drug-likeness (QED) is 0.654. The molecule has 0 aliphatic carbocycles. The largest absolute Gasteiger partial charge is 0.454 e. The van der Waals surface area contributed by atoms with Gasteiger partial charge in [0.15, 0.2) is 11.5 Å². The number of carbonyl (C=O) groups excluding carboxylic acids is 1. The Labute approximate surface area is 141 Å². The summed E-state index contributed by atoms with van der Waals surface area (Å²) in [5, 5.41) is 2.70. The summed E-state index contributed by atoms with van der Waals surface area (Å²) in [6.45, 7) is 1.21. The van der Waals surface area contributed by atoms with Gasteiger partial charge in [-0.05, 0) is 18.6 Å². The van der Waals surface area contributed by atoms with Crippen molar-refractivity contribution in [1.29, 1.82) is 0 Å². The predicted molar refractivity (Wildman–Crippen MR) is 88.9 cm³/mol. The first-order chi connectivity index (χ1) is 11.4. The molecule has 0 aromatic heterocycles. The molecule has 1 N–H and O–H groups in total. The van der Waals surface area contributed by atoms with Crippen molar-refractivity contribution < 1.29 is 27.4 Å². The Bertz CT molecular complexity index is 677. The lowest BCUT2D eigenvalue weighted by Crippen LogP contribution is -2.32. The molecule has 2 rings (SSSR count). The molecule has 0 bridgehead atoms. The molecular weight excluding hydrogens is 336 g/mol. The number of anilines is 1. The molecule has 9 heteroatoms. The minimum Gasteiger partial charge on any atom is -0.454 e. The van der Waals surface area contributed by atoms with E-state index in [0.717, 1.165) is 6.26 Å². The van der Waals surface area contributed by atoms with Gasteiger partial charge in [0, 0.05) is 32.7 Å². The van der Waals surface area contributed by atoms with Gasteiger partial charge in [0.2, 0.25) is 22.7 Å². The van der Waals surface area contributed by atoms with Crippen molar-refractivity contribution >= 4 is 21.6 Å². The van der Waals surface area contributed by atoms with Crippen LogP contribution in [-0.4, -0.2) is 54.2 Å². The van der Waals surface area contributed by atoms with E-state index in [1.165, 1.54) is 4.31 Å². The van der Waals surface area contributed by atoms with Crippen LogP contribution in [0, 0.1) is 0 Å². The number of hydrogen-bond donors (Lipinski definition) is 1. The third-order valence-corrected chi connectivity index (χ3v) is 4.63. The maximum absolute atomic E-state index is 12.1. The van der Waals surface area contributed by atoms with Crippen molar-refractivity contribution in [1.82, 2.24) is 5.32 Å². The van der Waals surface area contributed by atoms with Crippen LogP contribution in [0.1, 0.15) is 12.8 Å². The van der Waals surface area contributed by atoms with E-state index in [9.17, 15) is 13.2 Å². The Morgan fingerprint density at radius 3 is 2.79 bits per heavy atom. The van der Waals surface area contributed by atoms with Gasteiger partial charge < -0.3 is 19.5 Å². The van der Waals surface area contributed by atoms with Crippen molar-refractivity contribution in [3.63, 3.8) is 0 Å². The van der Waals surface area contributed by atoms with Gasteiger partial charge in [-0.1, -0.05) is 0 Å². The minimum absolute atomic E-state index is 0.124. The molecule has 0 radical (unpaired) electrons. The standard InChI is InChI=1S/C15H22N2O6S/c1-21-9-7-16-15(18)4-3-8-17(24(2,19)20)12-5-6-13-14(10-12)23-11-22-13/h5-6,10H,3-4,7-9,11H2,1-2H3,(H,16,18). The maximum Gasteiger partial charge on any atom is 0.232 e. The van der Waals surface area contributed by atoms with E-state index in [1.54, 1.807) is 25.3 Å². The van der Waals surface area contributed by atoms with Crippen molar-refractivity contribution in [2.45, 2.75) is 12.8 Å². The van der Waals surface area contributed by atoms with E-state index in [0.29, 0.717) is 36.8 Å². The summed E-state index contributed by atoms with van der Waals surface area (Å²) in [5.41, 5.74) is 0.488. The van der Waals surface area contributed by atoms with Crippen LogP contribution in [0.5, 0.6) is 11.5 Å². The number of rotatable bonds is 9. The van der Waals surface area contributed by atoms with Gasteiger partial charge in [-0.15, -0.1) is 0 Å². The highest BCUT2D eigenvalue weighted by Crippen LogP contribution is 2.36. The topological polar surface area (TPSA) is 94.2 Å². The molecule has 1 aliphatic heterocycles. The van der Waals surface area contributed by atoms with Crippen molar-refractivity contribution in [2.24, 2.45) is 0 Å². The number of benzene rings is 1. The maximum atomic E-state index is 12.1. The fraction of sp³-hybridized carbons (Fsp3) is 0.533. The Kier molecular flexibility index (Phi) is 6.27. The predicted octanol–water partition coefficient (Wildman–Crippen LogP) is 0.724. The first-order valence-corrected chi connectivity index (χ1v) is 9.39. The number of sulfonamides is 1. The Morgan fingerprint density at radius 2 is 2.08 bits per heavy atom. The second kappa shape index (κ2) is 8.20. The smallest absolute Gasteiger partial charge is 0.232 e. The average Bonchev–Trinajstić information content (AvgIpc) is 2.98. The van der Waals surface area contributed by atoms with E-state index in [2.05, 4.69) is 5.32 Å². The lowest BCUT2D eigenvalue weighted by molar-refractivity contribution is -0.121. The molecule has 1 heterocycles. The highest BCUT2D eigenvalue weighted by Gasteiger charge is 2.21. The van der Waals surface area contributed by atoms with E-state index in [-0.39, 0.29) is 25.7 Å². The van der Waals surface area contributed by atoms with Crippen molar-refractivity contribution in [3.05, 3.63) is 18.2 Å². The van der Waals surface area contributed by atoms with Crippen molar-refractivity contribution in [3.8, 4) is 11.5 Å². The van der Waals surface area contributed by atoms with Crippen LogP contribution in [0.25, 0.3) is 0 Å². The molecule has 134 valence electrons. The van der Waals surface area contributed by atoms with E-state index in [1.807, 2.05) is 0 Å². The van der Waals surface area contributed by atoms with Gasteiger partial charge in [0.05, 0.1) is 18.6 Å². The summed E-state index contributed by atoms with van der Waals surface area (Å²) in [6.07, 6.45) is 1.77. The third-order valence-electron chi connectivity index (χ3n) is 3.44. The molecule has 8 nitrogen and oxygen atoms in total.